The predicted molar refractivity (Wildman–Crippen MR) is 92.9 cm³/mol. The van der Waals surface area contributed by atoms with E-state index in [2.05, 4.69) is 36.9 Å². The minimum atomic E-state index is 0.0955. The van der Waals surface area contributed by atoms with Crippen LogP contribution in [-0.2, 0) is 0 Å². The summed E-state index contributed by atoms with van der Waals surface area (Å²) in [5, 5.41) is 0. The molecule has 0 fully saturated rings. The van der Waals surface area contributed by atoms with Gasteiger partial charge in [0.2, 0.25) is 0 Å². The van der Waals surface area contributed by atoms with Gasteiger partial charge in [-0.2, -0.15) is 0 Å². The van der Waals surface area contributed by atoms with Crippen LogP contribution in [0.5, 0.6) is 0 Å². The van der Waals surface area contributed by atoms with Crippen LogP contribution in [0.3, 0.4) is 0 Å². The molecule has 1 aromatic heterocycles. The van der Waals surface area contributed by atoms with Crippen molar-refractivity contribution in [2.45, 2.75) is 6.04 Å². The van der Waals surface area contributed by atoms with E-state index in [9.17, 15) is 0 Å². The lowest BCUT2D eigenvalue weighted by Gasteiger charge is -2.25. The van der Waals surface area contributed by atoms with E-state index in [-0.39, 0.29) is 6.04 Å². The normalized spacial score (nSPS) is 18.4. The Balaban J connectivity index is 2.00. The van der Waals surface area contributed by atoms with Gasteiger partial charge in [0.15, 0.2) is 5.96 Å². The van der Waals surface area contributed by atoms with Crippen LogP contribution in [0.25, 0.3) is 0 Å². The molecule has 0 saturated carbocycles. The fraction of sp³-hybridized carbons (Fsp3) is 0.154. The summed E-state index contributed by atoms with van der Waals surface area (Å²) in [5.41, 5.74) is 7.07. The third-order valence-electron chi connectivity index (χ3n) is 3.06. The third kappa shape index (κ3) is 2.62. The second kappa shape index (κ2) is 5.67. The molecule has 1 atom stereocenters. The summed E-state index contributed by atoms with van der Waals surface area (Å²) in [5.74, 6) is 0.536. The summed E-state index contributed by atoms with van der Waals surface area (Å²) in [6, 6.07) is 10.2. The molecule has 2 N–H and O–H groups in total. The lowest BCUT2D eigenvalue weighted by Crippen LogP contribution is -2.35. The Morgan fingerprint density at radius 2 is 2.15 bits per heavy atom. The molecule has 2 heterocycles. The van der Waals surface area contributed by atoms with E-state index in [0.717, 1.165) is 23.8 Å². The maximum Gasteiger partial charge on any atom is 0.196 e. The van der Waals surface area contributed by atoms with Crippen molar-refractivity contribution < 1.29 is 0 Å². The number of hydrogen-bond acceptors (Lipinski definition) is 4. The highest BCUT2D eigenvalue weighted by atomic mass is 79.9. The molecule has 0 saturated heterocycles. The summed E-state index contributed by atoms with van der Waals surface area (Å²) in [7, 11) is 0. The molecule has 1 unspecified atom stereocenters. The first-order valence-electron chi connectivity index (χ1n) is 5.85. The van der Waals surface area contributed by atoms with Gasteiger partial charge in [-0.05, 0) is 40.2 Å². The Hall–Kier alpha value is -0.560. The SMILES string of the molecule is NC1=NCC(c2cc(Br)c(Cl)s2)N1c1cccc(Br)c1. The van der Waals surface area contributed by atoms with Gasteiger partial charge in [-0.3, -0.25) is 4.99 Å². The molecule has 0 amide bonds. The van der Waals surface area contributed by atoms with Crippen molar-refractivity contribution in [1.29, 1.82) is 0 Å². The van der Waals surface area contributed by atoms with Crippen LogP contribution in [0.15, 0.2) is 44.3 Å². The smallest absolute Gasteiger partial charge is 0.196 e. The minimum Gasteiger partial charge on any atom is -0.369 e. The van der Waals surface area contributed by atoms with Crippen molar-refractivity contribution in [3.05, 3.63) is 48.5 Å². The van der Waals surface area contributed by atoms with Crippen molar-refractivity contribution in [3.63, 3.8) is 0 Å². The lowest BCUT2D eigenvalue weighted by molar-refractivity contribution is 0.784. The van der Waals surface area contributed by atoms with E-state index < -0.39 is 0 Å². The van der Waals surface area contributed by atoms with Crippen LogP contribution in [0.2, 0.25) is 4.34 Å². The minimum absolute atomic E-state index is 0.0955. The van der Waals surface area contributed by atoms with Crippen molar-refractivity contribution in [1.82, 2.24) is 0 Å². The van der Waals surface area contributed by atoms with Crippen molar-refractivity contribution in [3.8, 4) is 0 Å². The lowest BCUT2D eigenvalue weighted by atomic mass is 10.2. The van der Waals surface area contributed by atoms with Gasteiger partial charge in [0.05, 0.1) is 12.6 Å². The van der Waals surface area contributed by atoms with Gasteiger partial charge in [-0.1, -0.05) is 33.6 Å². The highest BCUT2D eigenvalue weighted by molar-refractivity contribution is 9.10. The highest BCUT2D eigenvalue weighted by Crippen LogP contribution is 2.40. The van der Waals surface area contributed by atoms with E-state index >= 15 is 0 Å². The third-order valence-corrected chi connectivity index (χ3v) is 6.13. The first-order valence-corrected chi connectivity index (χ1v) is 8.64. The fourth-order valence-electron chi connectivity index (χ4n) is 2.18. The van der Waals surface area contributed by atoms with Gasteiger partial charge in [0, 0.05) is 19.5 Å². The van der Waals surface area contributed by atoms with Crippen LogP contribution in [-0.4, -0.2) is 12.5 Å². The maximum absolute atomic E-state index is 6.14. The number of guanidine groups is 1. The molecule has 2 aromatic rings. The van der Waals surface area contributed by atoms with Crippen LogP contribution in [0, 0.1) is 0 Å². The Morgan fingerprint density at radius 3 is 2.80 bits per heavy atom. The number of hydrogen-bond donors (Lipinski definition) is 1. The molecule has 0 aliphatic carbocycles. The largest absolute Gasteiger partial charge is 0.369 e. The molecule has 0 radical (unpaired) electrons. The second-order valence-corrected chi connectivity index (χ2v) is 7.79. The van der Waals surface area contributed by atoms with Gasteiger partial charge in [-0.25, -0.2) is 0 Å². The molecular weight excluding hydrogens is 425 g/mol. The molecular formula is C13H10Br2ClN3S. The van der Waals surface area contributed by atoms with Crippen molar-refractivity contribution >= 4 is 66.4 Å². The van der Waals surface area contributed by atoms with Crippen LogP contribution >= 0.6 is 54.8 Å². The summed E-state index contributed by atoms with van der Waals surface area (Å²) >= 11 is 14.6. The van der Waals surface area contributed by atoms with Gasteiger partial charge >= 0.3 is 0 Å². The number of nitrogens with zero attached hydrogens (tertiary/aromatic N) is 2. The number of thiophene rings is 1. The molecule has 1 aliphatic rings. The first kappa shape index (κ1) is 14.4. The first-order chi connectivity index (χ1) is 9.56. The standard InChI is InChI=1S/C13H10Br2ClN3S/c14-7-2-1-3-8(4-7)19-10(6-18-13(19)17)11-5-9(15)12(16)20-11/h1-5,10H,6H2,(H2,17,18). The summed E-state index contributed by atoms with van der Waals surface area (Å²) < 4.78 is 2.68. The fourth-order valence-corrected chi connectivity index (χ4v) is 4.39. The molecule has 3 rings (SSSR count). The highest BCUT2D eigenvalue weighted by Gasteiger charge is 2.30. The summed E-state index contributed by atoms with van der Waals surface area (Å²) in [6.07, 6.45) is 0. The Bertz CT molecular complexity index is 667. The topological polar surface area (TPSA) is 41.6 Å². The van der Waals surface area contributed by atoms with Crippen molar-refractivity contribution in [2.24, 2.45) is 10.7 Å². The molecule has 7 heteroatoms. The number of rotatable bonds is 2. The van der Waals surface area contributed by atoms with Gasteiger partial charge in [0.25, 0.3) is 0 Å². The maximum atomic E-state index is 6.14. The second-order valence-electron chi connectivity index (χ2n) is 4.33. The molecule has 0 spiro atoms. The summed E-state index contributed by atoms with van der Waals surface area (Å²) in [6.45, 7) is 0.641. The number of anilines is 1. The Morgan fingerprint density at radius 1 is 1.35 bits per heavy atom. The monoisotopic (exact) mass is 433 g/mol. The zero-order chi connectivity index (χ0) is 14.3. The molecule has 0 bridgehead atoms. The predicted octanol–water partition coefficient (Wildman–Crippen LogP) is 4.80. The van der Waals surface area contributed by atoms with E-state index in [4.69, 9.17) is 17.3 Å². The molecule has 1 aliphatic heterocycles. The zero-order valence-electron chi connectivity index (χ0n) is 10.2. The quantitative estimate of drug-likeness (QED) is 0.736. The van der Waals surface area contributed by atoms with Crippen molar-refractivity contribution in [2.75, 3.05) is 11.4 Å². The average Bonchev–Trinajstić information content (AvgIpc) is 2.93. The van der Waals surface area contributed by atoms with Gasteiger partial charge < -0.3 is 10.6 Å². The van der Waals surface area contributed by atoms with Gasteiger partial charge in [0.1, 0.15) is 4.34 Å². The number of aliphatic imine (C=N–C) groups is 1. The Kier molecular flexibility index (Phi) is 4.08. The van der Waals surface area contributed by atoms with Crippen LogP contribution < -0.4 is 10.6 Å². The van der Waals surface area contributed by atoms with Crippen LogP contribution in [0.4, 0.5) is 5.69 Å². The average molecular weight is 436 g/mol. The number of benzene rings is 1. The molecule has 20 heavy (non-hydrogen) atoms. The Labute approximate surface area is 142 Å². The van der Waals surface area contributed by atoms with Gasteiger partial charge in [-0.15, -0.1) is 11.3 Å². The van der Waals surface area contributed by atoms with E-state index in [0.29, 0.717) is 12.5 Å². The molecule has 104 valence electrons. The van der Waals surface area contributed by atoms with E-state index in [1.165, 1.54) is 0 Å². The number of halogens is 3. The van der Waals surface area contributed by atoms with Crippen LogP contribution in [0.1, 0.15) is 10.9 Å². The summed E-state index contributed by atoms with van der Waals surface area (Å²) in [4.78, 5) is 7.56. The molecule has 3 nitrogen and oxygen atoms in total. The molecule has 1 aromatic carbocycles. The van der Waals surface area contributed by atoms with E-state index in [1.54, 1.807) is 11.3 Å². The number of nitrogens with two attached hydrogens (primary N) is 1. The van der Waals surface area contributed by atoms with E-state index in [1.807, 2.05) is 35.2 Å². The zero-order valence-corrected chi connectivity index (χ0v) is 14.9.